The molecule has 2 aromatic carbocycles. The van der Waals surface area contributed by atoms with Crippen LogP contribution in [0.5, 0.6) is 5.75 Å². The largest absolute Gasteiger partial charge is 0.492 e. The van der Waals surface area contributed by atoms with Crippen molar-refractivity contribution in [3.05, 3.63) is 69.6 Å². The van der Waals surface area contributed by atoms with E-state index in [0.29, 0.717) is 5.71 Å². The normalized spacial score (nSPS) is 11.3. The predicted octanol–water partition coefficient (Wildman–Crippen LogP) is 4.76. The Morgan fingerprint density at radius 2 is 1.83 bits per heavy atom. The van der Waals surface area contributed by atoms with E-state index < -0.39 is 11.8 Å². The highest BCUT2D eigenvalue weighted by Crippen LogP contribution is 2.35. The summed E-state index contributed by atoms with van der Waals surface area (Å²) in [6, 6.07) is 11.8. The Labute approximate surface area is 181 Å². The van der Waals surface area contributed by atoms with Gasteiger partial charge in [0.1, 0.15) is 10.8 Å². The minimum Gasteiger partial charge on any atom is -0.492 e. The van der Waals surface area contributed by atoms with Crippen LogP contribution in [0.1, 0.15) is 23.0 Å². The van der Waals surface area contributed by atoms with Crippen LogP contribution in [0.3, 0.4) is 0 Å². The van der Waals surface area contributed by atoms with Crippen LogP contribution >= 0.6 is 23.2 Å². The molecule has 1 aromatic heterocycles. The maximum Gasteiger partial charge on any atom is 0.385 e. The van der Waals surface area contributed by atoms with Crippen LogP contribution in [-0.2, 0) is 4.84 Å². The standard InChI is InChI=1S/C20H15Cl2FN4O3/c1-10(11-6-4-3-5-7-11)27-30-20(28)16-14(22)18(24)26-19(25-16)12-8-9-13(21)17(29-2)15(12)23/h3-9H,1-2H3,(H2,24,25,26)/b27-10+. The van der Waals surface area contributed by atoms with Crippen molar-refractivity contribution < 1.29 is 18.8 Å². The number of nitrogens with zero attached hydrogens (tertiary/aromatic N) is 3. The number of anilines is 1. The summed E-state index contributed by atoms with van der Waals surface area (Å²) >= 11 is 12.0. The summed E-state index contributed by atoms with van der Waals surface area (Å²) in [6.07, 6.45) is 0. The Hall–Kier alpha value is -3.23. The maximum absolute atomic E-state index is 14.7. The summed E-state index contributed by atoms with van der Waals surface area (Å²) in [5.41, 5.74) is 6.55. The van der Waals surface area contributed by atoms with Gasteiger partial charge in [-0.15, -0.1) is 0 Å². The first kappa shape index (κ1) is 21.5. The van der Waals surface area contributed by atoms with Crippen LogP contribution in [-0.4, -0.2) is 28.8 Å². The van der Waals surface area contributed by atoms with E-state index in [1.165, 1.54) is 19.2 Å². The fraction of sp³-hybridized carbons (Fsp3) is 0.100. The molecule has 0 saturated carbocycles. The molecule has 3 aromatic rings. The third-order valence-electron chi connectivity index (χ3n) is 4.02. The number of halogens is 3. The van der Waals surface area contributed by atoms with Gasteiger partial charge in [-0.05, 0) is 24.6 Å². The second-order valence-corrected chi connectivity index (χ2v) is 6.74. The van der Waals surface area contributed by atoms with Crippen molar-refractivity contribution >= 4 is 40.7 Å². The van der Waals surface area contributed by atoms with Gasteiger partial charge in [0.25, 0.3) is 0 Å². The van der Waals surface area contributed by atoms with Crippen LogP contribution in [0.25, 0.3) is 11.4 Å². The molecule has 0 aliphatic rings. The quantitative estimate of drug-likeness (QED) is 0.343. The molecule has 0 atom stereocenters. The van der Waals surface area contributed by atoms with Gasteiger partial charge in [0.15, 0.2) is 23.1 Å². The van der Waals surface area contributed by atoms with E-state index in [4.69, 9.17) is 38.5 Å². The Balaban J connectivity index is 1.97. The van der Waals surface area contributed by atoms with Crippen LogP contribution in [0.2, 0.25) is 10.0 Å². The smallest absolute Gasteiger partial charge is 0.385 e. The Bertz CT molecular complexity index is 1140. The molecule has 0 unspecified atom stereocenters. The second kappa shape index (κ2) is 9.06. The van der Waals surface area contributed by atoms with E-state index in [9.17, 15) is 9.18 Å². The van der Waals surface area contributed by atoms with Crippen molar-refractivity contribution in [2.24, 2.45) is 5.16 Å². The van der Waals surface area contributed by atoms with Gasteiger partial charge in [-0.2, -0.15) is 0 Å². The molecule has 0 saturated heterocycles. The second-order valence-electron chi connectivity index (χ2n) is 5.96. The fourth-order valence-electron chi connectivity index (χ4n) is 2.50. The van der Waals surface area contributed by atoms with Gasteiger partial charge in [-0.25, -0.2) is 19.2 Å². The summed E-state index contributed by atoms with van der Waals surface area (Å²) in [5.74, 6) is -2.42. The molecule has 0 amide bonds. The van der Waals surface area contributed by atoms with Crippen molar-refractivity contribution in [2.75, 3.05) is 12.8 Å². The Kier molecular flexibility index (Phi) is 6.49. The number of methoxy groups -OCH3 is 1. The lowest BCUT2D eigenvalue weighted by molar-refractivity contribution is 0.0509. The van der Waals surface area contributed by atoms with E-state index in [2.05, 4.69) is 15.1 Å². The van der Waals surface area contributed by atoms with Crippen molar-refractivity contribution in [3.8, 4) is 17.1 Å². The molecule has 1 heterocycles. The lowest BCUT2D eigenvalue weighted by Crippen LogP contribution is -2.11. The highest BCUT2D eigenvalue weighted by Gasteiger charge is 2.23. The molecule has 30 heavy (non-hydrogen) atoms. The van der Waals surface area contributed by atoms with Gasteiger partial charge in [0, 0.05) is 0 Å². The third-order valence-corrected chi connectivity index (χ3v) is 4.69. The number of hydrogen-bond donors (Lipinski definition) is 1. The molecule has 0 fully saturated rings. The molecule has 0 bridgehead atoms. The predicted molar refractivity (Wildman–Crippen MR) is 112 cm³/mol. The zero-order chi connectivity index (χ0) is 21.8. The molecular weight excluding hydrogens is 434 g/mol. The number of hydrogen-bond acceptors (Lipinski definition) is 7. The molecule has 0 aliphatic carbocycles. The molecule has 2 N–H and O–H groups in total. The van der Waals surface area contributed by atoms with E-state index >= 15 is 0 Å². The summed E-state index contributed by atoms with van der Waals surface area (Å²) in [7, 11) is 1.26. The monoisotopic (exact) mass is 448 g/mol. The van der Waals surface area contributed by atoms with Crippen molar-refractivity contribution in [3.63, 3.8) is 0 Å². The number of nitrogens with two attached hydrogens (primary N) is 1. The zero-order valence-corrected chi connectivity index (χ0v) is 17.3. The van der Waals surface area contributed by atoms with Crippen molar-refractivity contribution in [1.82, 2.24) is 9.97 Å². The van der Waals surface area contributed by atoms with Gasteiger partial charge in [-0.3, -0.25) is 0 Å². The number of oxime groups is 1. The third kappa shape index (κ3) is 4.34. The van der Waals surface area contributed by atoms with E-state index in [-0.39, 0.29) is 38.7 Å². The van der Waals surface area contributed by atoms with E-state index in [0.717, 1.165) is 5.56 Å². The molecular formula is C20H15Cl2FN4O3. The highest BCUT2D eigenvalue weighted by atomic mass is 35.5. The van der Waals surface area contributed by atoms with Crippen molar-refractivity contribution in [2.45, 2.75) is 6.92 Å². The SMILES string of the molecule is COc1c(Cl)ccc(-c2nc(N)c(Cl)c(C(=O)O/N=C(\C)c3ccccc3)n2)c1F. The number of nitrogen functional groups attached to an aromatic ring is 1. The summed E-state index contributed by atoms with van der Waals surface area (Å²) in [6.45, 7) is 1.67. The van der Waals surface area contributed by atoms with Gasteiger partial charge >= 0.3 is 5.97 Å². The van der Waals surface area contributed by atoms with Crippen LogP contribution in [0.15, 0.2) is 47.6 Å². The average Bonchev–Trinajstić information content (AvgIpc) is 2.74. The van der Waals surface area contributed by atoms with Gasteiger partial charge in [0.05, 0.1) is 23.4 Å². The molecule has 154 valence electrons. The summed E-state index contributed by atoms with van der Waals surface area (Å²) in [4.78, 5) is 25.4. The average molecular weight is 449 g/mol. The molecule has 0 radical (unpaired) electrons. The topological polar surface area (TPSA) is 99.7 Å². The van der Waals surface area contributed by atoms with E-state index in [1.54, 1.807) is 19.1 Å². The van der Waals surface area contributed by atoms with Gasteiger partial charge in [0.2, 0.25) is 0 Å². The molecule has 3 rings (SSSR count). The number of rotatable bonds is 5. The first-order chi connectivity index (χ1) is 14.3. The minimum absolute atomic E-state index is 0.0612. The number of carbonyl (C=O) groups is 1. The fourth-order valence-corrected chi connectivity index (χ4v) is 2.88. The van der Waals surface area contributed by atoms with Crippen LogP contribution in [0, 0.1) is 5.82 Å². The first-order valence-corrected chi connectivity index (χ1v) is 9.25. The summed E-state index contributed by atoms with van der Waals surface area (Å²) < 4.78 is 19.7. The first-order valence-electron chi connectivity index (χ1n) is 8.50. The van der Waals surface area contributed by atoms with Crippen LogP contribution in [0.4, 0.5) is 10.2 Å². The lowest BCUT2D eigenvalue weighted by Gasteiger charge is -2.10. The lowest BCUT2D eigenvalue weighted by atomic mass is 10.1. The Morgan fingerprint density at radius 3 is 2.50 bits per heavy atom. The summed E-state index contributed by atoms with van der Waals surface area (Å²) in [5, 5.41) is 3.62. The molecule has 10 heteroatoms. The molecule has 7 nitrogen and oxygen atoms in total. The van der Waals surface area contributed by atoms with Gasteiger partial charge < -0.3 is 15.3 Å². The maximum atomic E-state index is 14.7. The van der Waals surface area contributed by atoms with Gasteiger partial charge in [-0.1, -0.05) is 58.7 Å². The highest BCUT2D eigenvalue weighted by molar-refractivity contribution is 6.35. The number of carbonyl (C=O) groups excluding carboxylic acids is 1. The number of ether oxygens (including phenoxy) is 1. The molecule has 0 spiro atoms. The number of benzene rings is 2. The van der Waals surface area contributed by atoms with Crippen LogP contribution < -0.4 is 10.5 Å². The van der Waals surface area contributed by atoms with Crippen molar-refractivity contribution in [1.29, 1.82) is 0 Å². The van der Waals surface area contributed by atoms with E-state index in [1.807, 2.05) is 18.2 Å². The molecule has 0 aliphatic heterocycles. The number of aromatic nitrogens is 2. The Morgan fingerprint density at radius 1 is 1.13 bits per heavy atom. The zero-order valence-electron chi connectivity index (χ0n) is 15.8. The minimum atomic E-state index is -0.980.